The lowest BCUT2D eigenvalue weighted by molar-refractivity contribution is -0.384. The van der Waals surface area contributed by atoms with Gasteiger partial charge in [-0.2, -0.15) is 4.98 Å². The minimum atomic E-state index is -0.432. The second-order valence-electron chi connectivity index (χ2n) is 5.41. The normalized spacial score (nSPS) is 10.6. The molecule has 0 aliphatic carbocycles. The summed E-state index contributed by atoms with van der Waals surface area (Å²) < 4.78 is 5.24. The number of hydrogen-bond acceptors (Lipinski definition) is 7. The number of aryl methyl sites for hydroxylation is 1. The molecule has 0 saturated heterocycles. The highest BCUT2D eigenvalue weighted by Gasteiger charge is 2.17. The van der Waals surface area contributed by atoms with Gasteiger partial charge in [0.15, 0.2) is 11.5 Å². The Morgan fingerprint density at radius 1 is 1.08 bits per heavy atom. The molecule has 0 radical (unpaired) electrons. The first-order valence-corrected chi connectivity index (χ1v) is 7.19. The zero-order valence-corrected chi connectivity index (χ0v) is 13.4. The van der Waals surface area contributed by atoms with Gasteiger partial charge in [0.1, 0.15) is 0 Å². The number of pyridine rings is 1. The van der Waals surface area contributed by atoms with Crippen LogP contribution >= 0.6 is 0 Å². The van der Waals surface area contributed by atoms with Crippen LogP contribution in [0.2, 0.25) is 0 Å². The van der Waals surface area contributed by atoms with Crippen LogP contribution in [0.25, 0.3) is 22.8 Å². The molecule has 8 heteroatoms. The third-order valence-electron chi connectivity index (χ3n) is 3.46. The van der Waals surface area contributed by atoms with Crippen molar-refractivity contribution in [2.75, 3.05) is 19.0 Å². The van der Waals surface area contributed by atoms with Gasteiger partial charge in [-0.15, -0.1) is 0 Å². The van der Waals surface area contributed by atoms with Crippen LogP contribution in [0.4, 0.5) is 11.4 Å². The summed E-state index contributed by atoms with van der Waals surface area (Å²) in [5, 5.41) is 14.6. The number of hydrogen-bond donors (Lipinski definition) is 0. The van der Waals surface area contributed by atoms with E-state index in [2.05, 4.69) is 15.1 Å². The van der Waals surface area contributed by atoms with Crippen molar-refractivity contribution in [1.82, 2.24) is 15.1 Å². The summed E-state index contributed by atoms with van der Waals surface area (Å²) in [6.45, 7) is 1.74. The molecule has 24 heavy (non-hydrogen) atoms. The van der Waals surface area contributed by atoms with Crippen molar-refractivity contribution < 1.29 is 9.45 Å². The fourth-order valence-corrected chi connectivity index (χ4v) is 2.28. The summed E-state index contributed by atoms with van der Waals surface area (Å²) in [5.41, 5.74) is 2.88. The Balaban J connectivity index is 2.08. The summed E-state index contributed by atoms with van der Waals surface area (Å²) in [7, 11) is 3.80. The van der Waals surface area contributed by atoms with E-state index in [1.54, 1.807) is 19.1 Å². The second-order valence-corrected chi connectivity index (χ2v) is 5.41. The first-order valence-electron chi connectivity index (χ1n) is 7.19. The number of nitro benzene ring substituents is 1. The average Bonchev–Trinajstić information content (AvgIpc) is 3.00. The van der Waals surface area contributed by atoms with Gasteiger partial charge in [0, 0.05) is 31.8 Å². The van der Waals surface area contributed by atoms with E-state index in [9.17, 15) is 10.1 Å². The maximum Gasteiger partial charge on any atom is 0.278 e. The largest absolute Gasteiger partial charge is 0.376 e. The van der Waals surface area contributed by atoms with Gasteiger partial charge in [-0.1, -0.05) is 5.16 Å². The number of nitrogens with zero attached hydrogens (tertiary/aromatic N) is 5. The predicted octanol–water partition coefficient (Wildman–Crippen LogP) is 3.08. The monoisotopic (exact) mass is 325 g/mol. The smallest absolute Gasteiger partial charge is 0.278 e. The Bertz CT molecular complexity index is 887. The van der Waals surface area contributed by atoms with Crippen molar-refractivity contribution in [1.29, 1.82) is 0 Å². The molecule has 0 unspecified atom stereocenters. The molecule has 0 aliphatic heterocycles. The van der Waals surface area contributed by atoms with E-state index in [4.69, 9.17) is 4.52 Å². The Labute approximate surface area is 137 Å². The lowest BCUT2D eigenvalue weighted by Gasteiger charge is -2.15. The Morgan fingerprint density at radius 3 is 2.33 bits per heavy atom. The molecule has 8 nitrogen and oxygen atoms in total. The van der Waals surface area contributed by atoms with Gasteiger partial charge in [0.2, 0.25) is 0 Å². The lowest BCUT2D eigenvalue weighted by atomic mass is 10.1. The molecule has 2 heterocycles. The fraction of sp³-hybridized carbons (Fsp3) is 0.188. The van der Waals surface area contributed by atoms with Crippen LogP contribution in [-0.4, -0.2) is 34.1 Å². The van der Waals surface area contributed by atoms with E-state index in [1.807, 2.05) is 31.1 Å². The molecule has 0 N–H and O–H groups in total. The third kappa shape index (κ3) is 2.94. The quantitative estimate of drug-likeness (QED) is 0.537. The van der Waals surface area contributed by atoms with Gasteiger partial charge in [-0.25, -0.2) is 4.98 Å². The molecule has 3 aromatic rings. The van der Waals surface area contributed by atoms with E-state index in [1.165, 1.54) is 12.1 Å². The molecule has 0 aliphatic rings. The molecule has 1 aromatic carbocycles. The SMILES string of the molecule is Cc1noc(-c2nc(-c3ccc([N+](=O)[O-])cc3)ccc2N(C)C)n1. The van der Waals surface area contributed by atoms with Crippen molar-refractivity contribution in [3.8, 4) is 22.8 Å². The number of anilines is 1. The van der Waals surface area contributed by atoms with Crippen LogP contribution in [0, 0.1) is 17.0 Å². The number of benzene rings is 1. The maximum atomic E-state index is 10.8. The van der Waals surface area contributed by atoms with Crippen LogP contribution in [0.3, 0.4) is 0 Å². The number of non-ortho nitro benzene ring substituents is 1. The Hall–Kier alpha value is -3.29. The summed E-state index contributed by atoms with van der Waals surface area (Å²) >= 11 is 0. The van der Waals surface area contributed by atoms with Gasteiger partial charge in [0.05, 0.1) is 16.3 Å². The fourth-order valence-electron chi connectivity index (χ4n) is 2.28. The molecule has 0 fully saturated rings. The number of nitro groups is 1. The van der Waals surface area contributed by atoms with Crippen LogP contribution in [0.5, 0.6) is 0 Å². The number of rotatable bonds is 4. The van der Waals surface area contributed by atoms with Crippen molar-refractivity contribution in [3.05, 3.63) is 52.3 Å². The minimum Gasteiger partial charge on any atom is -0.376 e. The van der Waals surface area contributed by atoms with Gasteiger partial charge in [-0.3, -0.25) is 10.1 Å². The maximum absolute atomic E-state index is 10.8. The van der Waals surface area contributed by atoms with Gasteiger partial charge < -0.3 is 9.42 Å². The van der Waals surface area contributed by atoms with Crippen molar-refractivity contribution in [3.63, 3.8) is 0 Å². The van der Waals surface area contributed by atoms with Crippen LogP contribution in [-0.2, 0) is 0 Å². The van der Waals surface area contributed by atoms with E-state index < -0.39 is 4.92 Å². The molecule has 0 atom stereocenters. The zero-order valence-electron chi connectivity index (χ0n) is 13.4. The summed E-state index contributed by atoms with van der Waals surface area (Å²) in [4.78, 5) is 21.1. The highest BCUT2D eigenvalue weighted by atomic mass is 16.6. The molecular weight excluding hydrogens is 310 g/mol. The van der Waals surface area contributed by atoms with Gasteiger partial charge in [0.25, 0.3) is 11.6 Å². The van der Waals surface area contributed by atoms with Crippen molar-refractivity contribution >= 4 is 11.4 Å². The van der Waals surface area contributed by atoms with Gasteiger partial charge in [-0.05, 0) is 31.2 Å². The van der Waals surface area contributed by atoms with Crippen LogP contribution < -0.4 is 4.90 Å². The molecule has 0 spiro atoms. The predicted molar refractivity (Wildman–Crippen MR) is 88.7 cm³/mol. The summed E-state index contributed by atoms with van der Waals surface area (Å²) in [6.07, 6.45) is 0. The molecule has 3 rings (SSSR count). The lowest BCUT2D eigenvalue weighted by Crippen LogP contribution is -2.11. The highest BCUT2D eigenvalue weighted by molar-refractivity contribution is 5.74. The summed E-state index contributed by atoms with van der Waals surface area (Å²) in [6, 6.07) is 9.99. The molecule has 122 valence electrons. The van der Waals surface area contributed by atoms with Crippen LogP contribution in [0.15, 0.2) is 40.9 Å². The standard InChI is InChI=1S/C16H15N5O3/c1-10-17-16(24-19-10)15-14(20(2)3)9-8-13(18-15)11-4-6-12(7-5-11)21(22)23/h4-9H,1-3H3. The Kier molecular flexibility index (Phi) is 3.95. The van der Waals surface area contributed by atoms with Crippen LogP contribution in [0.1, 0.15) is 5.82 Å². The van der Waals surface area contributed by atoms with E-state index >= 15 is 0 Å². The third-order valence-corrected chi connectivity index (χ3v) is 3.46. The van der Waals surface area contributed by atoms with Crippen molar-refractivity contribution in [2.24, 2.45) is 0 Å². The van der Waals surface area contributed by atoms with Gasteiger partial charge >= 0.3 is 0 Å². The first-order chi connectivity index (χ1) is 11.5. The molecule has 0 amide bonds. The molecule has 0 saturated carbocycles. The van der Waals surface area contributed by atoms with Crippen molar-refractivity contribution in [2.45, 2.75) is 6.92 Å². The van der Waals surface area contributed by atoms with E-state index in [0.717, 1.165) is 11.3 Å². The average molecular weight is 325 g/mol. The minimum absolute atomic E-state index is 0.0383. The van der Waals surface area contributed by atoms with E-state index in [-0.39, 0.29) is 5.69 Å². The Morgan fingerprint density at radius 2 is 1.79 bits per heavy atom. The summed E-state index contributed by atoms with van der Waals surface area (Å²) in [5.74, 6) is 0.859. The second kappa shape index (κ2) is 6.07. The first kappa shape index (κ1) is 15.6. The van der Waals surface area contributed by atoms with E-state index in [0.29, 0.717) is 23.1 Å². The molecule has 2 aromatic heterocycles. The zero-order chi connectivity index (χ0) is 17.3. The molecular formula is C16H15N5O3. The molecule has 0 bridgehead atoms. The number of aromatic nitrogens is 3. The highest BCUT2D eigenvalue weighted by Crippen LogP contribution is 2.30. The topological polar surface area (TPSA) is 98.2 Å².